The van der Waals surface area contributed by atoms with Crippen LogP contribution in [-0.2, 0) is 0 Å². The number of carbonyl (C=O) groups excluding carboxylic acids is 1. The first-order chi connectivity index (χ1) is 9.63. The van der Waals surface area contributed by atoms with E-state index >= 15 is 0 Å². The standard InChI is InChI=1S/C12H14ClN5O2/c1-20-11-3-2-8(13)6-10(11)15-12(19)18-5-4-9(7-18)16-17-14/h2-3,6,9H,4-5,7H2,1H3,(H,15,19). The Morgan fingerprint density at radius 3 is 3.15 bits per heavy atom. The fraction of sp³-hybridized carbons (Fsp3) is 0.417. The van der Waals surface area contributed by atoms with Gasteiger partial charge in [-0.3, -0.25) is 0 Å². The van der Waals surface area contributed by atoms with Crippen molar-refractivity contribution in [2.24, 2.45) is 5.11 Å². The second-order valence-electron chi connectivity index (χ2n) is 4.37. The molecule has 2 amide bonds. The summed E-state index contributed by atoms with van der Waals surface area (Å²) in [6, 6.07) is 4.57. The maximum Gasteiger partial charge on any atom is 0.321 e. The Kier molecular flexibility index (Phi) is 4.55. The molecule has 1 unspecified atom stereocenters. The quantitative estimate of drug-likeness (QED) is 0.527. The van der Waals surface area contributed by atoms with Gasteiger partial charge in [-0.05, 0) is 30.2 Å². The van der Waals surface area contributed by atoms with Crippen LogP contribution in [0.1, 0.15) is 6.42 Å². The zero-order chi connectivity index (χ0) is 14.5. The number of anilines is 1. The van der Waals surface area contributed by atoms with Crippen molar-refractivity contribution >= 4 is 23.3 Å². The van der Waals surface area contributed by atoms with Crippen molar-refractivity contribution < 1.29 is 9.53 Å². The number of nitrogens with one attached hydrogen (secondary N) is 1. The van der Waals surface area contributed by atoms with Crippen LogP contribution in [0.3, 0.4) is 0 Å². The van der Waals surface area contributed by atoms with E-state index in [1.165, 1.54) is 7.11 Å². The number of benzene rings is 1. The van der Waals surface area contributed by atoms with Crippen molar-refractivity contribution in [3.8, 4) is 5.75 Å². The van der Waals surface area contributed by atoms with Crippen molar-refractivity contribution in [2.45, 2.75) is 12.5 Å². The van der Waals surface area contributed by atoms with Crippen LogP contribution in [-0.4, -0.2) is 37.2 Å². The van der Waals surface area contributed by atoms with Gasteiger partial charge in [-0.15, -0.1) is 0 Å². The number of halogens is 1. The molecule has 1 aromatic carbocycles. The summed E-state index contributed by atoms with van der Waals surface area (Å²) in [4.78, 5) is 16.5. The minimum absolute atomic E-state index is 0.160. The van der Waals surface area contributed by atoms with E-state index in [1.807, 2.05) is 0 Å². The molecule has 1 aliphatic rings. The second kappa shape index (κ2) is 6.36. The van der Waals surface area contributed by atoms with Crippen LogP contribution in [0.4, 0.5) is 10.5 Å². The van der Waals surface area contributed by atoms with Crippen molar-refractivity contribution in [1.29, 1.82) is 0 Å². The number of ether oxygens (including phenoxy) is 1. The molecule has 8 heteroatoms. The number of methoxy groups -OCH3 is 1. The Balaban J connectivity index is 2.05. The van der Waals surface area contributed by atoms with Crippen LogP contribution in [0.2, 0.25) is 5.02 Å². The lowest BCUT2D eigenvalue weighted by Gasteiger charge is -2.18. The van der Waals surface area contributed by atoms with Gasteiger partial charge < -0.3 is 15.0 Å². The number of amides is 2. The molecule has 0 aromatic heterocycles. The number of azide groups is 1. The lowest BCUT2D eigenvalue weighted by Crippen LogP contribution is -2.33. The fourth-order valence-electron chi connectivity index (χ4n) is 2.07. The third-order valence-corrected chi connectivity index (χ3v) is 3.30. The van der Waals surface area contributed by atoms with Gasteiger partial charge in [-0.1, -0.05) is 16.7 Å². The summed E-state index contributed by atoms with van der Waals surface area (Å²) in [5.74, 6) is 0.536. The molecule has 1 aliphatic heterocycles. The van der Waals surface area contributed by atoms with E-state index in [9.17, 15) is 4.79 Å². The summed E-state index contributed by atoms with van der Waals surface area (Å²) in [5.41, 5.74) is 8.90. The maximum atomic E-state index is 12.1. The number of hydrogen-bond donors (Lipinski definition) is 1. The summed E-state index contributed by atoms with van der Waals surface area (Å²) in [6.07, 6.45) is 0.671. The van der Waals surface area contributed by atoms with Crippen molar-refractivity contribution in [2.75, 3.05) is 25.5 Å². The molecule has 0 saturated carbocycles. The number of urea groups is 1. The molecule has 0 bridgehead atoms. The molecule has 7 nitrogen and oxygen atoms in total. The van der Waals surface area contributed by atoms with Gasteiger partial charge in [0.05, 0.1) is 18.8 Å². The van der Waals surface area contributed by atoms with Gasteiger partial charge in [-0.25, -0.2) is 4.79 Å². The maximum absolute atomic E-state index is 12.1. The third-order valence-electron chi connectivity index (χ3n) is 3.07. The van der Waals surface area contributed by atoms with E-state index in [-0.39, 0.29) is 12.1 Å². The molecule has 1 N–H and O–H groups in total. The third kappa shape index (κ3) is 3.26. The summed E-state index contributed by atoms with van der Waals surface area (Å²) in [6.45, 7) is 0.969. The van der Waals surface area contributed by atoms with E-state index < -0.39 is 0 Å². The summed E-state index contributed by atoms with van der Waals surface area (Å²) >= 11 is 5.91. The molecule has 0 radical (unpaired) electrons. The summed E-state index contributed by atoms with van der Waals surface area (Å²) in [5, 5.41) is 6.88. The highest BCUT2D eigenvalue weighted by Crippen LogP contribution is 2.28. The predicted octanol–water partition coefficient (Wildman–Crippen LogP) is 3.27. The smallest absolute Gasteiger partial charge is 0.321 e. The highest BCUT2D eigenvalue weighted by Gasteiger charge is 2.25. The Hall–Kier alpha value is -2.11. The molecular weight excluding hydrogens is 282 g/mol. The van der Waals surface area contributed by atoms with Crippen molar-refractivity contribution in [3.63, 3.8) is 0 Å². The van der Waals surface area contributed by atoms with E-state index in [1.54, 1.807) is 23.1 Å². The molecule has 1 fully saturated rings. The zero-order valence-electron chi connectivity index (χ0n) is 10.9. The normalized spacial score (nSPS) is 17.5. The SMILES string of the molecule is COc1ccc(Cl)cc1NC(=O)N1CCC(N=[N+]=[N-])C1. The first-order valence-electron chi connectivity index (χ1n) is 6.07. The van der Waals surface area contributed by atoms with Gasteiger partial charge in [0.15, 0.2) is 0 Å². The van der Waals surface area contributed by atoms with E-state index in [0.717, 1.165) is 0 Å². The average Bonchev–Trinajstić information content (AvgIpc) is 2.88. The van der Waals surface area contributed by atoms with Gasteiger partial charge in [-0.2, -0.15) is 0 Å². The molecular formula is C12H14ClN5O2. The van der Waals surface area contributed by atoms with Crippen LogP contribution in [0.25, 0.3) is 10.4 Å². The summed E-state index contributed by atoms with van der Waals surface area (Å²) in [7, 11) is 1.52. The molecule has 1 heterocycles. The molecule has 1 saturated heterocycles. The lowest BCUT2D eigenvalue weighted by molar-refractivity contribution is 0.222. The van der Waals surface area contributed by atoms with Gasteiger partial charge in [0.25, 0.3) is 0 Å². The van der Waals surface area contributed by atoms with Crippen molar-refractivity contribution in [1.82, 2.24) is 4.90 Å². The number of carbonyl (C=O) groups is 1. The number of rotatable bonds is 3. The molecule has 1 atom stereocenters. The second-order valence-corrected chi connectivity index (χ2v) is 4.80. The first kappa shape index (κ1) is 14.3. The van der Waals surface area contributed by atoms with Gasteiger partial charge in [0.1, 0.15) is 5.75 Å². The minimum atomic E-state index is -0.263. The van der Waals surface area contributed by atoms with Crippen LogP contribution < -0.4 is 10.1 Å². The molecule has 106 valence electrons. The molecule has 1 aromatic rings. The van der Waals surface area contributed by atoms with Crippen LogP contribution in [0, 0.1) is 0 Å². The molecule has 0 aliphatic carbocycles. The number of likely N-dealkylation sites (tertiary alicyclic amines) is 1. The Labute approximate surface area is 121 Å². The van der Waals surface area contributed by atoms with Crippen LogP contribution in [0.5, 0.6) is 5.75 Å². The Morgan fingerprint density at radius 1 is 1.65 bits per heavy atom. The lowest BCUT2D eigenvalue weighted by atomic mass is 10.3. The number of nitrogens with zero attached hydrogens (tertiary/aromatic N) is 4. The van der Waals surface area contributed by atoms with E-state index in [0.29, 0.717) is 36.0 Å². The van der Waals surface area contributed by atoms with Crippen LogP contribution in [0.15, 0.2) is 23.3 Å². The fourth-order valence-corrected chi connectivity index (χ4v) is 2.24. The molecule has 2 rings (SSSR count). The largest absolute Gasteiger partial charge is 0.495 e. The van der Waals surface area contributed by atoms with E-state index in [2.05, 4.69) is 15.3 Å². The van der Waals surface area contributed by atoms with Gasteiger partial charge >= 0.3 is 6.03 Å². The monoisotopic (exact) mass is 295 g/mol. The highest BCUT2D eigenvalue weighted by molar-refractivity contribution is 6.31. The Bertz CT molecular complexity index is 559. The van der Waals surface area contributed by atoms with Crippen molar-refractivity contribution in [3.05, 3.63) is 33.7 Å². The van der Waals surface area contributed by atoms with Gasteiger partial charge in [0, 0.05) is 23.0 Å². The van der Waals surface area contributed by atoms with Crippen LogP contribution >= 0.6 is 11.6 Å². The minimum Gasteiger partial charge on any atom is -0.495 e. The predicted molar refractivity (Wildman–Crippen MR) is 76.1 cm³/mol. The number of hydrogen-bond acceptors (Lipinski definition) is 3. The zero-order valence-corrected chi connectivity index (χ0v) is 11.7. The molecule has 20 heavy (non-hydrogen) atoms. The first-order valence-corrected chi connectivity index (χ1v) is 6.45. The van der Waals surface area contributed by atoms with E-state index in [4.69, 9.17) is 21.9 Å². The summed E-state index contributed by atoms with van der Waals surface area (Å²) < 4.78 is 5.17. The average molecular weight is 296 g/mol. The van der Waals surface area contributed by atoms with Gasteiger partial charge in [0.2, 0.25) is 0 Å². The molecule has 0 spiro atoms. The topological polar surface area (TPSA) is 90.3 Å². The Morgan fingerprint density at radius 2 is 2.45 bits per heavy atom. The highest BCUT2D eigenvalue weighted by atomic mass is 35.5.